The van der Waals surface area contributed by atoms with Gasteiger partial charge in [-0.2, -0.15) is 4.31 Å². The van der Waals surface area contributed by atoms with Crippen LogP contribution in [0.5, 0.6) is 0 Å². The summed E-state index contributed by atoms with van der Waals surface area (Å²) < 4.78 is 40.0. The third-order valence-corrected chi connectivity index (χ3v) is 7.92. The van der Waals surface area contributed by atoms with Crippen molar-refractivity contribution in [2.24, 2.45) is 0 Å². The van der Waals surface area contributed by atoms with Gasteiger partial charge in [0.2, 0.25) is 10.0 Å². The quantitative estimate of drug-likeness (QED) is 0.789. The van der Waals surface area contributed by atoms with Crippen LogP contribution >= 0.6 is 11.3 Å². The number of fused-ring (bicyclic) bond motifs is 1. The minimum Gasteiger partial charge on any atom is -0.335 e. The fourth-order valence-corrected chi connectivity index (χ4v) is 6.08. The van der Waals surface area contributed by atoms with Crippen molar-refractivity contribution in [2.75, 3.05) is 11.9 Å². The van der Waals surface area contributed by atoms with E-state index in [1.165, 1.54) is 27.8 Å². The normalized spacial score (nSPS) is 18.0. The first-order valence-corrected chi connectivity index (χ1v) is 11.5. The second-order valence-corrected chi connectivity index (χ2v) is 10.0. The van der Waals surface area contributed by atoms with Crippen LogP contribution in [0.4, 0.5) is 14.3 Å². The lowest BCUT2D eigenvalue weighted by atomic mass is 10.2. The Balaban J connectivity index is 1.44. The van der Waals surface area contributed by atoms with Crippen molar-refractivity contribution in [3.8, 4) is 0 Å². The molecule has 1 saturated carbocycles. The van der Waals surface area contributed by atoms with Crippen LogP contribution in [-0.2, 0) is 23.0 Å². The van der Waals surface area contributed by atoms with Crippen molar-refractivity contribution in [3.63, 3.8) is 0 Å². The zero-order chi connectivity index (χ0) is 19.7. The van der Waals surface area contributed by atoms with E-state index in [1.54, 1.807) is 0 Å². The first-order chi connectivity index (χ1) is 13.4. The van der Waals surface area contributed by atoms with Crippen LogP contribution in [0.15, 0.2) is 29.2 Å². The van der Waals surface area contributed by atoms with E-state index in [0.29, 0.717) is 18.1 Å². The molecule has 0 atom stereocenters. The van der Waals surface area contributed by atoms with Crippen LogP contribution in [0.25, 0.3) is 0 Å². The van der Waals surface area contributed by atoms with Gasteiger partial charge in [0, 0.05) is 23.9 Å². The summed E-state index contributed by atoms with van der Waals surface area (Å²) >= 11 is 1.29. The molecule has 4 rings (SSSR count). The molecule has 2 aromatic rings. The van der Waals surface area contributed by atoms with Crippen LogP contribution in [-0.4, -0.2) is 36.3 Å². The molecule has 2 heterocycles. The highest BCUT2D eigenvalue weighted by molar-refractivity contribution is 7.89. The van der Waals surface area contributed by atoms with E-state index in [4.69, 9.17) is 0 Å². The molecule has 1 aromatic heterocycles. The van der Waals surface area contributed by atoms with Crippen LogP contribution in [0.3, 0.4) is 0 Å². The maximum absolute atomic E-state index is 13.1. The lowest BCUT2D eigenvalue weighted by Gasteiger charge is -2.25. The maximum Gasteiger partial charge on any atom is 0.321 e. The summed E-state index contributed by atoms with van der Waals surface area (Å²) in [6.45, 7) is 0.489. The Labute approximate surface area is 167 Å². The zero-order valence-electron chi connectivity index (χ0n) is 15.2. The number of hydrogen-bond acceptors (Lipinski definition) is 5. The number of urea groups is 1. The van der Waals surface area contributed by atoms with Gasteiger partial charge < -0.3 is 5.32 Å². The average Bonchev–Trinajstić information content (AvgIpc) is 3.30. The summed E-state index contributed by atoms with van der Waals surface area (Å²) in [6.07, 6.45) is 4.73. The van der Waals surface area contributed by atoms with Crippen LogP contribution in [0.2, 0.25) is 0 Å². The highest BCUT2D eigenvalue weighted by atomic mass is 32.2. The second kappa shape index (κ2) is 7.76. The van der Waals surface area contributed by atoms with Crippen LogP contribution in [0, 0.1) is 5.82 Å². The van der Waals surface area contributed by atoms with Crippen molar-refractivity contribution >= 4 is 32.5 Å². The number of halogens is 1. The summed E-state index contributed by atoms with van der Waals surface area (Å²) in [6, 6.07) is 4.76. The Morgan fingerprint density at radius 3 is 2.64 bits per heavy atom. The third-order valence-electron chi connectivity index (χ3n) is 5.06. The highest BCUT2D eigenvalue weighted by Gasteiger charge is 2.30. The molecule has 1 aliphatic carbocycles. The SMILES string of the molecule is O=C(Nc1nc2c(s1)CN(S(=O)(=O)c1ccc(F)cc1)CC2)NC1CCCC1. The van der Waals surface area contributed by atoms with Crippen molar-refractivity contribution in [3.05, 3.63) is 40.7 Å². The Morgan fingerprint density at radius 1 is 1.21 bits per heavy atom. The van der Waals surface area contributed by atoms with Gasteiger partial charge in [0.1, 0.15) is 5.82 Å². The zero-order valence-corrected chi connectivity index (χ0v) is 16.8. The number of hydrogen-bond donors (Lipinski definition) is 2. The maximum atomic E-state index is 13.1. The van der Waals surface area contributed by atoms with E-state index in [1.807, 2.05) is 0 Å². The molecule has 0 bridgehead atoms. The topological polar surface area (TPSA) is 91.4 Å². The second-order valence-electron chi connectivity index (χ2n) is 7.01. The molecule has 1 fully saturated rings. The van der Waals surface area contributed by atoms with Crippen LogP contribution < -0.4 is 10.6 Å². The lowest BCUT2D eigenvalue weighted by molar-refractivity contribution is 0.248. The number of nitrogens with zero attached hydrogens (tertiary/aromatic N) is 2. The summed E-state index contributed by atoms with van der Waals surface area (Å²) in [5.41, 5.74) is 0.812. The predicted octanol–water partition coefficient (Wildman–Crippen LogP) is 3.09. The molecule has 0 spiro atoms. The number of amides is 2. The molecule has 28 heavy (non-hydrogen) atoms. The number of anilines is 1. The molecule has 1 aliphatic heterocycles. The van der Waals surface area contributed by atoms with Crippen molar-refractivity contribution < 1.29 is 17.6 Å². The van der Waals surface area contributed by atoms with Crippen LogP contribution in [0.1, 0.15) is 36.3 Å². The van der Waals surface area contributed by atoms with Crippen molar-refractivity contribution in [1.29, 1.82) is 0 Å². The third kappa shape index (κ3) is 4.03. The summed E-state index contributed by atoms with van der Waals surface area (Å²) in [5.74, 6) is -0.478. The minimum absolute atomic E-state index is 0.0659. The van der Waals surface area contributed by atoms with Gasteiger partial charge in [-0.25, -0.2) is 22.6 Å². The molecule has 150 valence electrons. The molecule has 0 unspecified atom stereocenters. The molecular weight excluding hydrogens is 403 g/mol. The van der Waals surface area contributed by atoms with Gasteiger partial charge in [0.25, 0.3) is 0 Å². The standard InChI is InChI=1S/C18H21FN4O3S2/c19-12-5-7-14(8-6-12)28(25,26)23-10-9-15-16(11-23)27-18(21-15)22-17(24)20-13-3-1-2-4-13/h5-8,13H,1-4,9-11H2,(H2,20,21,22,24). The van der Waals surface area contributed by atoms with Crippen molar-refractivity contribution in [2.45, 2.75) is 49.6 Å². The van der Waals surface area contributed by atoms with E-state index in [0.717, 1.165) is 48.4 Å². The van der Waals surface area contributed by atoms with Gasteiger partial charge >= 0.3 is 6.03 Å². The van der Waals surface area contributed by atoms with Gasteiger partial charge in [-0.05, 0) is 37.1 Å². The Hall–Kier alpha value is -2.04. The number of aromatic nitrogens is 1. The molecule has 2 aliphatic rings. The fraction of sp³-hybridized carbons (Fsp3) is 0.444. The van der Waals surface area contributed by atoms with Crippen molar-refractivity contribution in [1.82, 2.24) is 14.6 Å². The van der Waals surface area contributed by atoms with E-state index in [9.17, 15) is 17.6 Å². The predicted molar refractivity (Wildman–Crippen MR) is 104 cm³/mol. The number of rotatable bonds is 4. The van der Waals surface area contributed by atoms with E-state index in [-0.39, 0.29) is 23.5 Å². The van der Waals surface area contributed by atoms with Gasteiger partial charge in [-0.1, -0.05) is 24.2 Å². The van der Waals surface area contributed by atoms with Gasteiger partial charge in [-0.15, -0.1) is 0 Å². The number of carbonyl (C=O) groups is 1. The molecule has 7 nitrogen and oxygen atoms in total. The first kappa shape index (κ1) is 19.3. The molecular formula is C18H21FN4O3S2. The molecule has 0 saturated heterocycles. The minimum atomic E-state index is -3.71. The highest BCUT2D eigenvalue weighted by Crippen LogP contribution is 2.31. The van der Waals surface area contributed by atoms with E-state index >= 15 is 0 Å². The number of benzene rings is 1. The Bertz CT molecular complexity index is 969. The average molecular weight is 425 g/mol. The number of thiazole rings is 1. The van der Waals surface area contributed by atoms with Gasteiger partial charge in [0.15, 0.2) is 5.13 Å². The van der Waals surface area contributed by atoms with Gasteiger partial charge in [-0.3, -0.25) is 5.32 Å². The molecule has 10 heteroatoms. The Morgan fingerprint density at radius 2 is 1.93 bits per heavy atom. The molecule has 0 radical (unpaired) electrons. The summed E-state index contributed by atoms with van der Waals surface area (Å²) in [4.78, 5) is 17.4. The number of carbonyl (C=O) groups excluding carboxylic acids is 1. The largest absolute Gasteiger partial charge is 0.335 e. The summed E-state index contributed by atoms with van der Waals surface area (Å²) in [5, 5.41) is 6.19. The van der Waals surface area contributed by atoms with E-state index in [2.05, 4.69) is 15.6 Å². The molecule has 2 N–H and O–H groups in total. The van der Waals surface area contributed by atoms with E-state index < -0.39 is 15.8 Å². The molecule has 1 aromatic carbocycles. The summed E-state index contributed by atoms with van der Waals surface area (Å²) in [7, 11) is -3.71. The molecule has 2 amide bonds. The monoisotopic (exact) mass is 424 g/mol. The smallest absolute Gasteiger partial charge is 0.321 e. The first-order valence-electron chi connectivity index (χ1n) is 9.23. The lowest BCUT2D eigenvalue weighted by Crippen LogP contribution is -2.36. The Kier molecular flexibility index (Phi) is 5.35. The number of sulfonamides is 1. The number of nitrogens with one attached hydrogen (secondary N) is 2. The van der Waals surface area contributed by atoms with Gasteiger partial charge in [0.05, 0.1) is 17.1 Å². The fourth-order valence-electron chi connectivity index (χ4n) is 3.58.